The van der Waals surface area contributed by atoms with Crippen molar-refractivity contribution in [3.05, 3.63) is 34.9 Å². The van der Waals surface area contributed by atoms with Crippen LogP contribution in [0.5, 0.6) is 0 Å². The van der Waals surface area contributed by atoms with E-state index in [2.05, 4.69) is 4.90 Å². The van der Waals surface area contributed by atoms with Gasteiger partial charge in [-0.15, -0.1) is 0 Å². The van der Waals surface area contributed by atoms with E-state index in [4.69, 9.17) is 11.6 Å². The van der Waals surface area contributed by atoms with Crippen molar-refractivity contribution in [2.24, 2.45) is 0 Å². The van der Waals surface area contributed by atoms with Gasteiger partial charge < -0.3 is 5.11 Å². The molecule has 2 atom stereocenters. The molecule has 1 saturated heterocycles. The first kappa shape index (κ1) is 15.5. The molecule has 0 bridgehead atoms. The number of rotatable bonds is 3. The summed E-state index contributed by atoms with van der Waals surface area (Å²) in [6.07, 6.45) is 2.42. The second kappa shape index (κ2) is 6.25. The second-order valence-corrected chi connectivity index (χ2v) is 6.37. The van der Waals surface area contributed by atoms with E-state index in [1.807, 2.05) is 13.8 Å². The van der Waals surface area contributed by atoms with E-state index in [-0.39, 0.29) is 11.8 Å². The Hall–Kier alpha value is -0.900. The molecule has 1 aliphatic rings. The monoisotopic (exact) mass is 295 g/mol. The summed E-state index contributed by atoms with van der Waals surface area (Å²) in [4.78, 5) is 14.7. The third-order valence-electron chi connectivity index (χ3n) is 4.13. The van der Waals surface area contributed by atoms with Crippen molar-refractivity contribution < 1.29 is 9.90 Å². The number of likely N-dealkylation sites (tertiary alicyclic amines) is 1. The summed E-state index contributed by atoms with van der Waals surface area (Å²) in [5, 5.41) is 10.7. The highest BCUT2D eigenvalue weighted by atomic mass is 35.5. The topological polar surface area (TPSA) is 40.5 Å². The van der Waals surface area contributed by atoms with Gasteiger partial charge in [0.1, 0.15) is 0 Å². The highest BCUT2D eigenvalue weighted by Crippen LogP contribution is 2.23. The summed E-state index contributed by atoms with van der Waals surface area (Å²) in [7, 11) is 0. The van der Waals surface area contributed by atoms with Gasteiger partial charge in [0.25, 0.3) is 0 Å². The van der Waals surface area contributed by atoms with Crippen molar-refractivity contribution in [1.82, 2.24) is 4.90 Å². The Morgan fingerprint density at radius 3 is 2.85 bits per heavy atom. The van der Waals surface area contributed by atoms with Gasteiger partial charge in [0.15, 0.2) is 5.78 Å². The standard InChI is InChI=1S/C16H22ClNO2/c1-12(15(19)13-5-3-6-14(17)11-13)18-9-4-7-16(2,20)8-10-18/h3,5-6,11-12,20H,4,7-10H2,1-2H3. The third kappa shape index (κ3) is 3.81. The zero-order valence-corrected chi connectivity index (χ0v) is 12.9. The Labute approximate surface area is 125 Å². The molecular weight excluding hydrogens is 274 g/mol. The molecule has 0 spiro atoms. The van der Waals surface area contributed by atoms with Gasteiger partial charge in [-0.25, -0.2) is 0 Å². The summed E-state index contributed by atoms with van der Waals surface area (Å²) < 4.78 is 0. The molecule has 2 rings (SSSR count). The van der Waals surface area contributed by atoms with Gasteiger partial charge in [-0.1, -0.05) is 23.7 Å². The average Bonchev–Trinajstić information content (AvgIpc) is 2.58. The summed E-state index contributed by atoms with van der Waals surface area (Å²) in [5.74, 6) is 0.0917. The Morgan fingerprint density at radius 2 is 2.15 bits per heavy atom. The lowest BCUT2D eigenvalue weighted by Crippen LogP contribution is -2.40. The first-order valence-corrected chi connectivity index (χ1v) is 7.53. The molecule has 20 heavy (non-hydrogen) atoms. The molecule has 2 unspecified atom stereocenters. The van der Waals surface area contributed by atoms with E-state index in [0.717, 1.165) is 25.9 Å². The third-order valence-corrected chi connectivity index (χ3v) is 4.37. The molecule has 3 nitrogen and oxygen atoms in total. The zero-order chi connectivity index (χ0) is 14.8. The van der Waals surface area contributed by atoms with Gasteiger partial charge in [0.2, 0.25) is 0 Å². The number of hydrogen-bond acceptors (Lipinski definition) is 3. The number of carbonyl (C=O) groups is 1. The predicted octanol–water partition coefficient (Wildman–Crippen LogP) is 3.15. The Bertz CT molecular complexity index is 487. The molecule has 110 valence electrons. The molecule has 1 aliphatic heterocycles. The molecule has 1 N–H and O–H groups in total. The second-order valence-electron chi connectivity index (χ2n) is 5.94. The first-order valence-electron chi connectivity index (χ1n) is 7.15. The molecular formula is C16H22ClNO2. The molecule has 0 aromatic heterocycles. The van der Waals surface area contributed by atoms with Crippen LogP contribution in [0.25, 0.3) is 0 Å². The van der Waals surface area contributed by atoms with E-state index in [0.29, 0.717) is 17.0 Å². The zero-order valence-electron chi connectivity index (χ0n) is 12.1. The summed E-state index contributed by atoms with van der Waals surface area (Å²) in [6.45, 7) is 5.41. The number of Topliss-reactive ketones (excluding diaryl/α,β-unsaturated/α-hetero) is 1. The lowest BCUT2D eigenvalue weighted by atomic mass is 9.98. The highest BCUT2D eigenvalue weighted by molar-refractivity contribution is 6.31. The number of halogens is 1. The smallest absolute Gasteiger partial charge is 0.179 e. The van der Waals surface area contributed by atoms with Crippen LogP contribution in [0.2, 0.25) is 5.02 Å². The van der Waals surface area contributed by atoms with Crippen LogP contribution < -0.4 is 0 Å². The molecule has 1 heterocycles. The minimum atomic E-state index is -0.604. The summed E-state index contributed by atoms with van der Waals surface area (Å²) in [6, 6.07) is 6.91. The maximum Gasteiger partial charge on any atom is 0.179 e. The fraction of sp³-hybridized carbons (Fsp3) is 0.562. The molecule has 1 aromatic carbocycles. The lowest BCUT2D eigenvalue weighted by Gasteiger charge is -2.27. The number of benzene rings is 1. The van der Waals surface area contributed by atoms with Crippen molar-refractivity contribution in [2.45, 2.75) is 44.8 Å². The van der Waals surface area contributed by atoms with Crippen molar-refractivity contribution >= 4 is 17.4 Å². The first-order chi connectivity index (χ1) is 9.39. The van der Waals surface area contributed by atoms with Crippen LogP contribution in [0.4, 0.5) is 0 Å². The van der Waals surface area contributed by atoms with E-state index in [1.54, 1.807) is 24.3 Å². The van der Waals surface area contributed by atoms with Crippen molar-refractivity contribution in [3.8, 4) is 0 Å². The largest absolute Gasteiger partial charge is 0.390 e. The van der Waals surface area contributed by atoms with E-state index < -0.39 is 5.60 Å². The van der Waals surface area contributed by atoms with Crippen LogP contribution in [0.15, 0.2) is 24.3 Å². The highest BCUT2D eigenvalue weighted by Gasteiger charge is 2.29. The fourth-order valence-corrected chi connectivity index (χ4v) is 2.91. The minimum Gasteiger partial charge on any atom is -0.390 e. The van der Waals surface area contributed by atoms with Crippen LogP contribution in [-0.4, -0.2) is 40.5 Å². The van der Waals surface area contributed by atoms with Crippen LogP contribution in [0.1, 0.15) is 43.5 Å². The van der Waals surface area contributed by atoms with Gasteiger partial charge in [-0.05, 0) is 51.8 Å². The Balaban J connectivity index is 2.07. The van der Waals surface area contributed by atoms with E-state index in [1.165, 1.54) is 0 Å². The maximum absolute atomic E-state index is 12.5. The SMILES string of the molecule is CC(C(=O)c1cccc(Cl)c1)N1CCCC(C)(O)CC1. The number of ketones is 1. The Kier molecular flexibility index (Phi) is 4.84. The molecule has 0 saturated carbocycles. The van der Waals surface area contributed by atoms with Gasteiger partial charge in [-0.2, -0.15) is 0 Å². The van der Waals surface area contributed by atoms with Gasteiger partial charge in [0, 0.05) is 17.1 Å². The number of aliphatic hydroxyl groups is 1. The number of carbonyl (C=O) groups excluding carboxylic acids is 1. The molecule has 1 aromatic rings. The van der Waals surface area contributed by atoms with Crippen LogP contribution in [0.3, 0.4) is 0 Å². The lowest BCUT2D eigenvalue weighted by molar-refractivity contribution is 0.0427. The number of nitrogens with zero attached hydrogens (tertiary/aromatic N) is 1. The molecule has 0 aliphatic carbocycles. The summed E-state index contributed by atoms with van der Waals surface area (Å²) >= 11 is 5.94. The minimum absolute atomic E-state index is 0.0917. The molecule has 0 amide bonds. The summed E-state index contributed by atoms with van der Waals surface area (Å²) in [5.41, 5.74) is 0.0501. The van der Waals surface area contributed by atoms with E-state index >= 15 is 0 Å². The van der Waals surface area contributed by atoms with Crippen molar-refractivity contribution in [1.29, 1.82) is 0 Å². The quantitative estimate of drug-likeness (QED) is 0.871. The molecule has 4 heteroatoms. The van der Waals surface area contributed by atoms with Gasteiger partial charge in [0.05, 0.1) is 11.6 Å². The van der Waals surface area contributed by atoms with Gasteiger partial charge >= 0.3 is 0 Å². The normalized spacial score (nSPS) is 26.0. The number of hydrogen-bond donors (Lipinski definition) is 1. The van der Waals surface area contributed by atoms with Crippen LogP contribution in [0, 0.1) is 0 Å². The molecule has 0 radical (unpaired) electrons. The van der Waals surface area contributed by atoms with Gasteiger partial charge in [-0.3, -0.25) is 9.69 Å². The average molecular weight is 296 g/mol. The Morgan fingerprint density at radius 1 is 1.40 bits per heavy atom. The predicted molar refractivity (Wildman–Crippen MR) is 81.3 cm³/mol. The van der Waals surface area contributed by atoms with Crippen molar-refractivity contribution in [2.75, 3.05) is 13.1 Å². The maximum atomic E-state index is 12.5. The molecule has 1 fully saturated rings. The van der Waals surface area contributed by atoms with E-state index in [9.17, 15) is 9.90 Å². The van der Waals surface area contributed by atoms with Crippen LogP contribution in [-0.2, 0) is 0 Å². The fourth-order valence-electron chi connectivity index (χ4n) is 2.72. The van der Waals surface area contributed by atoms with Crippen LogP contribution >= 0.6 is 11.6 Å². The van der Waals surface area contributed by atoms with Crippen molar-refractivity contribution in [3.63, 3.8) is 0 Å².